The van der Waals surface area contributed by atoms with Crippen LogP contribution in [0, 0.1) is 0 Å². The summed E-state index contributed by atoms with van der Waals surface area (Å²) in [5.41, 5.74) is 13.3. The van der Waals surface area contributed by atoms with Crippen LogP contribution in [-0.4, -0.2) is 25.8 Å². The van der Waals surface area contributed by atoms with E-state index in [1.54, 1.807) is 0 Å². The van der Waals surface area contributed by atoms with Gasteiger partial charge in [-0.3, -0.25) is 4.79 Å². The summed E-state index contributed by atoms with van der Waals surface area (Å²) in [7, 11) is 0. The molecule has 5 heterocycles. The minimum absolute atomic E-state index is 0.102. The number of fused-ring (bicyclic) bond motifs is 8. The third kappa shape index (κ3) is 5.72. The number of carbonyl (C=O) groups excluding carboxylic acids is 1. The van der Waals surface area contributed by atoms with Crippen LogP contribution in [0.5, 0.6) is 0 Å². The van der Waals surface area contributed by atoms with Gasteiger partial charge in [0.25, 0.3) is 0 Å². The normalized spacial score (nSPS) is 12.6. The molecule has 6 nitrogen and oxygen atoms in total. The number of H-pyrrole nitrogens is 4. The maximum absolute atomic E-state index is 11.8. The summed E-state index contributed by atoms with van der Waals surface area (Å²) in [6, 6.07) is 56.9. The predicted octanol–water partition coefficient (Wildman–Crippen LogP) is 6.26. The van der Waals surface area contributed by atoms with E-state index in [1.807, 2.05) is 24.3 Å². The van der Waals surface area contributed by atoms with E-state index in [0.29, 0.717) is 0 Å². The van der Waals surface area contributed by atoms with Gasteiger partial charge in [0.2, 0.25) is 5.91 Å². The molecule has 250 valence electrons. The summed E-state index contributed by atoms with van der Waals surface area (Å²) in [6.45, 7) is 1.52. The number of carbonyl (C=O) groups is 1. The van der Waals surface area contributed by atoms with Gasteiger partial charge in [0.1, 0.15) is 0 Å². The fourth-order valence-corrected chi connectivity index (χ4v) is 7.31. The number of benzene rings is 4. The fourth-order valence-electron chi connectivity index (χ4n) is 7.31. The van der Waals surface area contributed by atoms with E-state index in [-0.39, 0.29) is 5.91 Å². The molecule has 4 aromatic heterocycles. The van der Waals surface area contributed by atoms with Gasteiger partial charge in [-0.25, -0.2) is 0 Å². The molecule has 8 aromatic rings. The van der Waals surface area contributed by atoms with Gasteiger partial charge in [0, 0.05) is 79.1 Å². The van der Waals surface area contributed by atoms with E-state index < -0.39 is 0 Å². The zero-order valence-electron chi connectivity index (χ0n) is 28.5. The molecule has 1 amide bonds. The molecule has 8 bridgehead atoms. The first-order valence-corrected chi connectivity index (χ1v) is 17.4. The summed E-state index contributed by atoms with van der Waals surface area (Å²) >= 11 is 0. The highest BCUT2D eigenvalue weighted by atomic mass is 16.1. The summed E-state index contributed by atoms with van der Waals surface area (Å²) in [5, 5.41) is 6.86. The third-order valence-electron chi connectivity index (χ3n) is 9.58. The molecule has 6 heteroatoms. The van der Waals surface area contributed by atoms with Crippen molar-refractivity contribution >= 4 is 33.9 Å². The highest BCUT2D eigenvalue weighted by Gasteiger charge is 2.18. The van der Waals surface area contributed by atoms with Gasteiger partial charge >= 0.3 is 0 Å². The van der Waals surface area contributed by atoms with Gasteiger partial charge in [-0.2, -0.15) is 0 Å². The maximum atomic E-state index is 11.8. The maximum Gasteiger partial charge on any atom is 0.221 e. The molecule has 5 N–H and O–H groups in total. The largest absolute Gasteiger partial charge is 0.354 e. The smallest absolute Gasteiger partial charge is 0.221 e. The van der Waals surface area contributed by atoms with Gasteiger partial charge in [-0.05, 0) is 82.9 Å². The molecule has 0 fully saturated rings. The molecular formula is C46H35N5O. The Morgan fingerprint density at radius 1 is 0.365 bits per heavy atom. The fraction of sp³-hybridized carbons (Fsp3) is 0.0217. The highest BCUT2D eigenvalue weighted by molar-refractivity contribution is 5.89. The number of aromatic amines is 4. The molecule has 0 unspecified atom stereocenters. The van der Waals surface area contributed by atoms with Crippen molar-refractivity contribution in [3.05, 3.63) is 230 Å². The van der Waals surface area contributed by atoms with Crippen molar-refractivity contribution in [1.82, 2.24) is 19.9 Å². The summed E-state index contributed by atoms with van der Waals surface area (Å²) in [4.78, 5) is 27.1. The van der Waals surface area contributed by atoms with Crippen molar-refractivity contribution in [1.29, 1.82) is 0 Å². The molecule has 0 radical (unpaired) electrons. The number of nitrogens with one attached hydrogen (secondary N) is 5. The summed E-state index contributed by atoms with van der Waals surface area (Å²) in [5.74, 6) is -0.102. The Kier molecular flexibility index (Phi) is 7.75. The van der Waals surface area contributed by atoms with Gasteiger partial charge in [0.05, 0.1) is 0 Å². The Balaban J connectivity index is 1.40. The van der Waals surface area contributed by atoms with Gasteiger partial charge in [0.15, 0.2) is 0 Å². The molecule has 0 saturated carbocycles. The van der Waals surface area contributed by atoms with E-state index >= 15 is 0 Å². The quantitative estimate of drug-likeness (QED) is 0.147. The van der Waals surface area contributed by atoms with Crippen LogP contribution in [0.25, 0.3) is 22.3 Å². The minimum atomic E-state index is -0.102. The van der Waals surface area contributed by atoms with E-state index in [9.17, 15) is 4.79 Å². The van der Waals surface area contributed by atoms with Crippen LogP contribution in [0.2, 0.25) is 0 Å². The lowest BCUT2D eigenvalue weighted by molar-refractivity contribution is -0.114. The Morgan fingerprint density at radius 2 is 0.673 bits per heavy atom. The second kappa shape index (κ2) is 13.0. The monoisotopic (exact) mass is 673 g/mol. The van der Waals surface area contributed by atoms with Crippen LogP contribution in [0.15, 0.2) is 164 Å². The molecule has 0 spiro atoms. The minimum Gasteiger partial charge on any atom is -0.354 e. The van der Waals surface area contributed by atoms with Crippen molar-refractivity contribution in [2.24, 2.45) is 0 Å². The van der Waals surface area contributed by atoms with Crippen LogP contribution in [0.4, 0.5) is 5.69 Å². The van der Waals surface area contributed by atoms with Crippen LogP contribution in [0.1, 0.15) is 52.0 Å². The average Bonchev–Trinajstić information content (AvgIpc) is 4.01. The zero-order chi connectivity index (χ0) is 35.0. The van der Waals surface area contributed by atoms with E-state index in [0.717, 1.165) is 94.4 Å². The summed E-state index contributed by atoms with van der Waals surface area (Å²) in [6.07, 6.45) is 0. The average molecular weight is 674 g/mol. The Bertz CT molecular complexity index is 2820. The first-order valence-electron chi connectivity index (χ1n) is 17.4. The summed E-state index contributed by atoms with van der Waals surface area (Å²) < 4.78 is 0. The second-order valence-electron chi connectivity index (χ2n) is 13.0. The molecule has 4 aromatic carbocycles. The van der Waals surface area contributed by atoms with Crippen molar-refractivity contribution < 1.29 is 4.79 Å². The lowest BCUT2D eigenvalue weighted by Crippen LogP contribution is -2.19. The Labute approximate surface area is 300 Å². The lowest BCUT2D eigenvalue weighted by Gasteiger charge is -2.10. The van der Waals surface area contributed by atoms with Gasteiger partial charge in [-0.1, -0.05) is 103 Å². The van der Waals surface area contributed by atoms with Crippen molar-refractivity contribution in [2.45, 2.75) is 6.92 Å². The van der Waals surface area contributed by atoms with Crippen molar-refractivity contribution in [3.8, 4) is 0 Å². The number of hydrogen-bond donors (Lipinski definition) is 5. The van der Waals surface area contributed by atoms with Crippen LogP contribution >= 0.6 is 0 Å². The van der Waals surface area contributed by atoms with Crippen LogP contribution < -0.4 is 26.7 Å². The Morgan fingerprint density at radius 3 is 0.981 bits per heavy atom. The van der Waals surface area contributed by atoms with Gasteiger partial charge in [-0.15, -0.1) is 0 Å². The SMILES string of the molecule is CC(=O)Nc1ccc(C2=c3ccc([nH]3)=C(c3ccccc3)c3ccc([nH]3)C(c3ccccc3)=c3ccc([nH]3)=C(c3ccccc3)c3ccc2[nH]3)cc1. The molecule has 0 atom stereocenters. The molecule has 0 aliphatic carbocycles. The van der Waals surface area contributed by atoms with Crippen LogP contribution in [-0.2, 0) is 4.79 Å². The topological polar surface area (TPSA) is 92.3 Å². The van der Waals surface area contributed by atoms with Crippen molar-refractivity contribution in [3.63, 3.8) is 0 Å². The zero-order valence-corrected chi connectivity index (χ0v) is 28.5. The number of anilines is 1. The van der Waals surface area contributed by atoms with E-state index in [4.69, 9.17) is 0 Å². The molecule has 52 heavy (non-hydrogen) atoms. The number of amides is 1. The number of hydrogen-bond acceptors (Lipinski definition) is 1. The first-order chi connectivity index (χ1) is 25.6. The third-order valence-corrected chi connectivity index (χ3v) is 9.58. The van der Waals surface area contributed by atoms with E-state index in [2.05, 4.69) is 165 Å². The molecule has 9 rings (SSSR count). The first kappa shape index (κ1) is 31.0. The van der Waals surface area contributed by atoms with Crippen LogP contribution in [0.3, 0.4) is 0 Å². The molecule has 0 saturated heterocycles. The predicted molar refractivity (Wildman–Crippen MR) is 208 cm³/mol. The number of aromatic nitrogens is 4. The highest BCUT2D eigenvalue weighted by Crippen LogP contribution is 2.28. The van der Waals surface area contributed by atoms with Crippen molar-refractivity contribution in [2.75, 3.05) is 5.32 Å². The molecule has 1 aliphatic heterocycles. The van der Waals surface area contributed by atoms with Gasteiger partial charge < -0.3 is 25.3 Å². The molecular weight excluding hydrogens is 639 g/mol. The second-order valence-corrected chi connectivity index (χ2v) is 13.0. The van der Waals surface area contributed by atoms with E-state index in [1.165, 1.54) is 6.92 Å². The lowest BCUT2D eigenvalue weighted by atomic mass is 10.0. The number of rotatable bonds is 5. The standard InChI is InChI=1S/C46H35N5O/c1-29(52)47-34-19-17-33(18-20-34)46-41-27-25-39(50-41)44(31-13-7-3-8-14-31)37-23-21-35(48-37)43(30-11-5-2-6-12-30)36-22-24-38(49-36)45(32-15-9-4-10-16-32)40-26-28-42(46)51-40/h2-28,48-51H,1H3,(H,47,52). The molecule has 1 aliphatic rings. The Hall–Kier alpha value is -7.05.